The van der Waals surface area contributed by atoms with Crippen molar-refractivity contribution in [3.05, 3.63) is 36.0 Å². The molecule has 0 unspecified atom stereocenters. The van der Waals surface area contributed by atoms with Crippen molar-refractivity contribution in [2.75, 3.05) is 5.73 Å². The fraction of sp³-hybridized carbons (Fsp3) is 0. The highest BCUT2D eigenvalue weighted by Gasteiger charge is 2.15. The molecule has 2 rings (SSSR count). The molecule has 6 nitrogen and oxygen atoms in total. The Bertz CT molecular complexity index is 551. The number of halogens is 1. The fourth-order valence-corrected chi connectivity index (χ4v) is 1.28. The van der Waals surface area contributed by atoms with Crippen molar-refractivity contribution in [3.63, 3.8) is 0 Å². The largest absolute Gasteiger partial charge is 0.383 e. The zero-order valence-corrected chi connectivity index (χ0v) is 8.09. The van der Waals surface area contributed by atoms with E-state index in [4.69, 9.17) is 11.5 Å². The molecule has 0 saturated heterocycles. The highest BCUT2D eigenvalue weighted by Crippen LogP contribution is 2.18. The monoisotopic (exact) mass is 221 g/mol. The number of pyridine rings is 1. The molecule has 0 bridgehead atoms. The van der Waals surface area contributed by atoms with Crippen molar-refractivity contribution in [1.29, 1.82) is 0 Å². The molecular weight excluding hydrogens is 213 g/mol. The lowest BCUT2D eigenvalue weighted by molar-refractivity contribution is 0.100. The van der Waals surface area contributed by atoms with Gasteiger partial charge in [-0.25, -0.2) is 9.07 Å². The van der Waals surface area contributed by atoms with Crippen LogP contribution in [0.2, 0.25) is 0 Å². The first-order valence-electron chi connectivity index (χ1n) is 4.34. The lowest BCUT2D eigenvalue weighted by Crippen LogP contribution is -2.13. The van der Waals surface area contributed by atoms with E-state index < -0.39 is 11.7 Å². The zero-order chi connectivity index (χ0) is 11.7. The maximum Gasteiger partial charge on any atom is 0.254 e. The minimum absolute atomic E-state index is 0.00222. The second-order valence-electron chi connectivity index (χ2n) is 3.05. The van der Waals surface area contributed by atoms with Crippen molar-refractivity contribution in [1.82, 2.24) is 14.8 Å². The van der Waals surface area contributed by atoms with Crippen LogP contribution in [-0.4, -0.2) is 20.7 Å². The molecule has 0 aliphatic carbocycles. The Balaban J connectivity index is 2.58. The van der Waals surface area contributed by atoms with E-state index in [2.05, 4.69) is 10.1 Å². The summed E-state index contributed by atoms with van der Waals surface area (Å²) in [5.74, 6) is -1.30. The van der Waals surface area contributed by atoms with Gasteiger partial charge in [0.25, 0.3) is 5.91 Å². The van der Waals surface area contributed by atoms with Crippen molar-refractivity contribution in [3.8, 4) is 5.69 Å². The SMILES string of the molecule is NC(=O)c1cnn(-c2ccncc2F)c1N. The molecule has 2 aromatic rings. The van der Waals surface area contributed by atoms with E-state index in [9.17, 15) is 9.18 Å². The Morgan fingerprint density at radius 1 is 1.44 bits per heavy atom. The van der Waals surface area contributed by atoms with Gasteiger partial charge in [0.05, 0.1) is 12.4 Å². The first-order chi connectivity index (χ1) is 7.61. The van der Waals surface area contributed by atoms with Crippen molar-refractivity contribution >= 4 is 11.7 Å². The average Bonchev–Trinajstić information content (AvgIpc) is 2.61. The van der Waals surface area contributed by atoms with Gasteiger partial charge in [-0.3, -0.25) is 9.78 Å². The number of carbonyl (C=O) groups excluding carboxylic acids is 1. The molecule has 0 radical (unpaired) electrons. The molecule has 0 aliphatic heterocycles. The Morgan fingerprint density at radius 2 is 2.19 bits per heavy atom. The van der Waals surface area contributed by atoms with E-state index in [-0.39, 0.29) is 17.1 Å². The standard InChI is InChI=1S/C9H8FN5O/c10-6-4-13-2-1-7(6)15-8(11)5(3-14-15)9(12)16/h1-4H,11H2,(H2,12,16). The van der Waals surface area contributed by atoms with Gasteiger partial charge in [0.15, 0.2) is 5.82 Å². The number of rotatable bonds is 2. The van der Waals surface area contributed by atoms with Crippen LogP contribution in [0.3, 0.4) is 0 Å². The number of amides is 1. The summed E-state index contributed by atoms with van der Waals surface area (Å²) in [6, 6.07) is 1.39. The molecule has 7 heteroatoms. The fourth-order valence-electron chi connectivity index (χ4n) is 1.28. The summed E-state index contributed by atoms with van der Waals surface area (Å²) in [7, 11) is 0. The number of hydrogen-bond acceptors (Lipinski definition) is 4. The molecule has 0 atom stereocenters. The van der Waals surface area contributed by atoms with Crippen LogP contribution < -0.4 is 11.5 Å². The Morgan fingerprint density at radius 3 is 2.75 bits per heavy atom. The summed E-state index contributed by atoms with van der Waals surface area (Å²) < 4.78 is 14.5. The van der Waals surface area contributed by atoms with Crippen LogP contribution in [0.15, 0.2) is 24.7 Å². The number of carbonyl (C=O) groups is 1. The summed E-state index contributed by atoms with van der Waals surface area (Å²) >= 11 is 0. The summed E-state index contributed by atoms with van der Waals surface area (Å²) in [6.45, 7) is 0. The van der Waals surface area contributed by atoms with Gasteiger partial charge < -0.3 is 11.5 Å². The van der Waals surface area contributed by atoms with E-state index in [1.165, 1.54) is 18.5 Å². The number of anilines is 1. The van der Waals surface area contributed by atoms with Crippen molar-refractivity contribution in [2.45, 2.75) is 0 Å². The van der Waals surface area contributed by atoms with E-state index in [1.807, 2.05) is 0 Å². The first kappa shape index (κ1) is 10.1. The van der Waals surface area contributed by atoms with Crippen molar-refractivity contribution < 1.29 is 9.18 Å². The maximum absolute atomic E-state index is 13.4. The third-order valence-electron chi connectivity index (χ3n) is 2.05. The Labute approximate surface area is 89.7 Å². The third-order valence-corrected chi connectivity index (χ3v) is 2.05. The molecule has 82 valence electrons. The zero-order valence-electron chi connectivity index (χ0n) is 8.09. The molecule has 16 heavy (non-hydrogen) atoms. The second-order valence-corrected chi connectivity index (χ2v) is 3.05. The summed E-state index contributed by atoms with van der Waals surface area (Å²) in [5.41, 5.74) is 10.8. The van der Waals surface area contributed by atoms with E-state index in [1.54, 1.807) is 0 Å². The number of primary amides is 1. The number of nitrogens with two attached hydrogens (primary N) is 2. The Hall–Kier alpha value is -2.44. The van der Waals surface area contributed by atoms with Crippen LogP contribution >= 0.6 is 0 Å². The molecule has 0 aliphatic rings. The number of hydrogen-bond donors (Lipinski definition) is 2. The van der Waals surface area contributed by atoms with E-state index in [0.717, 1.165) is 10.9 Å². The highest BCUT2D eigenvalue weighted by atomic mass is 19.1. The van der Waals surface area contributed by atoms with Gasteiger partial charge in [-0.05, 0) is 6.07 Å². The Kier molecular flexibility index (Phi) is 2.28. The summed E-state index contributed by atoms with van der Waals surface area (Å²) in [6.07, 6.45) is 3.61. The van der Waals surface area contributed by atoms with Gasteiger partial charge in [0.1, 0.15) is 17.1 Å². The average molecular weight is 221 g/mol. The molecule has 4 N–H and O–H groups in total. The van der Waals surface area contributed by atoms with Crippen LogP contribution in [0, 0.1) is 5.82 Å². The molecule has 0 saturated carbocycles. The van der Waals surface area contributed by atoms with Gasteiger partial charge >= 0.3 is 0 Å². The molecule has 0 aromatic carbocycles. The number of nitrogens with zero attached hydrogens (tertiary/aromatic N) is 3. The normalized spacial score (nSPS) is 10.3. The smallest absolute Gasteiger partial charge is 0.254 e. The number of aromatic nitrogens is 3. The molecular formula is C9H8FN5O. The predicted octanol–water partition coefficient (Wildman–Crippen LogP) is 0.0875. The highest BCUT2D eigenvalue weighted by molar-refractivity contribution is 5.97. The minimum Gasteiger partial charge on any atom is -0.383 e. The van der Waals surface area contributed by atoms with Gasteiger partial charge in [-0.15, -0.1) is 0 Å². The lowest BCUT2D eigenvalue weighted by atomic mass is 10.3. The van der Waals surface area contributed by atoms with Crippen LogP contribution in [0.4, 0.5) is 10.2 Å². The molecule has 0 fully saturated rings. The van der Waals surface area contributed by atoms with Crippen LogP contribution in [0.5, 0.6) is 0 Å². The minimum atomic E-state index is -0.710. The molecule has 0 spiro atoms. The quantitative estimate of drug-likeness (QED) is 0.750. The summed E-state index contributed by atoms with van der Waals surface area (Å²) in [4.78, 5) is 14.5. The first-order valence-corrected chi connectivity index (χ1v) is 4.34. The topological polar surface area (TPSA) is 99.8 Å². The van der Waals surface area contributed by atoms with Crippen LogP contribution in [0.1, 0.15) is 10.4 Å². The van der Waals surface area contributed by atoms with Crippen LogP contribution in [-0.2, 0) is 0 Å². The van der Waals surface area contributed by atoms with Gasteiger partial charge in [0.2, 0.25) is 0 Å². The van der Waals surface area contributed by atoms with Crippen LogP contribution in [0.25, 0.3) is 5.69 Å². The lowest BCUT2D eigenvalue weighted by Gasteiger charge is -2.04. The summed E-state index contributed by atoms with van der Waals surface area (Å²) in [5, 5.41) is 3.79. The van der Waals surface area contributed by atoms with Crippen molar-refractivity contribution in [2.24, 2.45) is 5.73 Å². The molecule has 1 amide bonds. The van der Waals surface area contributed by atoms with Gasteiger partial charge in [-0.1, -0.05) is 0 Å². The maximum atomic E-state index is 13.4. The number of nitrogen functional groups attached to an aromatic ring is 1. The molecule has 2 aromatic heterocycles. The molecule has 2 heterocycles. The van der Waals surface area contributed by atoms with E-state index >= 15 is 0 Å². The second kappa shape index (κ2) is 3.61. The predicted molar refractivity (Wildman–Crippen MR) is 54.2 cm³/mol. The van der Waals surface area contributed by atoms with Gasteiger partial charge in [0, 0.05) is 6.20 Å². The van der Waals surface area contributed by atoms with E-state index in [0.29, 0.717) is 0 Å². The third kappa shape index (κ3) is 1.48. The van der Waals surface area contributed by atoms with Gasteiger partial charge in [-0.2, -0.15) is 5.10 Å².